The van der Waals surface area contributed by atoms with Crippen molar-refractivity contribution >= 4 is 24.0 Å². The van der Waals surface area contributed by atoms with Crippen LogP contribution in [0.1, 0.15) is 101 Å². The van der Waals surface area contributed by atoms with E-state index < -0.39 is 0 Å². The van der Waals surface area contributed by atoms with Gasteiger partial charge in [-0.2, -0.15) is 0 Å². The number of carbonyl (C=O) groups is 2. The quantitative estimate of drug-likeness (QED) is 0.228. The average molecular weight is 771 g/mol. The van der Waals surface area contributed by atoms with E-state index in [4.69, 9.17) is 0 Å². The first-order chi connectivity index (χ1) is 27.2. The number of hydrogen-bond acceptors (Lipinski definition) is 8. The first kappa shape index (κ1) is 40.4. The molecule has 4 aliphatic heterocycles. The summed E-state index contributed by atoms with van der Waals surface area (Å²) in [4.78, 5) is 56.3. The van der Waals surface area contributed by atoms with Gasteiger partial charge in [-0.15, -0.1) is 0 Å². The molecule has 0 unspecified atom stereocenters. The molecule has 0 bridgehead atoms. The molecule has 6 aliphatic rings. The van der Waals surface area contributed by atoms with Crippen LogP contribution in [0.3, 0.4) is 0 Å². The number of aliphatic hydroxyl groups excluding tert-OH is 2. The molecule has 4 fully saturated rings. The predicted molar refractivity (Wildman–Crippen MR) is 217 cm³/mol. The highest BCUT2D eigenvalue weighted by Crippen LogP contribution is 2.50. The van der Waals surface area contributed by atoms with Crippen molar-refractivity contribution in [1.29, 1.82) is 0 Å². The van der Waals surface area contributed by atoms with Gasteiger partial charge in [-0.1, -0.05) is 38.2 Å². The summed E-state index contributed by atoms with van der Waals surface area (Å²) in [6.45, 7) is 12.1. The Hall–Kier alpha value is -3.84. The number of likely N-dealkylation sites (tertiary alicyclic amines) is 2. The lowest BCUT2D eigenvalue weighted by Crippen LogP contribution is -2.49. The third kappa shape index (κ3) is 7.62. The number of nitrogens with one attached hydrogen (secondary N) is 2. The average Bonchev–Trinajstić information content (AvgIpc) is 4.08. The molecular formula is C44H62N6O6. The molecule has 0 spiro atoms. The summed E-state index contributed by atoms with van der Waals surface area (Å²) in [5.74, 6) is 1.19. The second-order valence-corrected chi connectivity index (χ2v) is 16.9. The van der Waals surface area contributed by atoms with Gasteiger partial charge >= 0.3 is 0 Å². The van der Waals surface area contributed by atoms with Gasteiger partial charge in [-0.05, 0) is 102 Å². The zero-order valence-electron chi connectivity index (χ0n) is 33.6. The standard InChI is InChI=1S/2C22H31N3O3/c2*1-3-5-15-8-9-18-19-16(12-25(18)22(15)28)17(13-26)20(24(19)10-4-2)21(27)23-11-14-6-7-14/h2*3,5,8-9,14,16-17,19-20,26H,4,6-7,10-13H2,1-2H3,(H,23,27)/b5-3+;5-3-/t2*16-,17-,19+,20-/m00/s1. The second-order valence-electron chi connectivity index (χ2n) is 16.9. The maximum atomic E-state index is 13.0. The number of allylic oxidation sites excluding steroid dienone is 2. The Morgan fingerprint density at radius 3 is 1.39 bits per heavy atom. The topological polar surface area (TPSA) is 149 Å². The SMILES string of the molecule is C/C=C/c1ccc2n(c1=O)C[C@H]1[C@H](CO)[C@@H](C(=O)NCC3CC3)N(CCC)[C@@H]21.C/C=C\c1ccc2n(c1=O)C[C@H]1[C@H](CO)[C@@H](C(=O)NCC3CC3)N(CCC)[C@@H]21. The van der Waals surface area contributed by atoms with Crippen molar-refractivity contribution in [2.24, 2.45) is 35.5 Å². The summed E-state index contributed by atoms with van der Waals surface area (Å²) in [7, 11) is 0. The van der Waals surface area contributed by atoms with Gasteiger partial charge < -0.3 is 30.0 Å². The lowest BCUT2D eigenvalue weighted by Gasteiger charge is -2.30. The molecule has 8 rings (SSSR count). The van der Waals surface area contributed by atoms with Gasteiger partial charge in [0.25, 0.3) is 11.1 Å². The Labute approximate surface area is 330 Å². The molecule has 12 heteroatoms. The molecule has 2 saturated heterocycles. The smallest absolute Gasteiger partial charge is 0.258 e. The summed E-state index contributed by atoms with van der Waals surface area (Å²) in [6.07, 6.45) is 14.1. The highest BCUT2D eigenvalue weighted by atomic mass is 16.3. The fraction of sp³-hybridized carbons (Fsp3) is 0.636. The van der Waals surface area contributed by atoms with Crippen LogP contribution in [0.5, 0.6) is 0 Å². The first-order valence-corrected chi connectivity index (χ1v) is 21.2. The number of nitrogens with zero attached hydrogens (tertiary/aromatic N) is 4. The van der Waals surface area contributed by atoms with E-state index >= 15 is 0 Å². The van der Waals surface area contributed by atoms with E-state index in [1.165, 1.54) is 25.7 Å². The van der Waals surface area contributed by atoms with Crippen LogP contribution in [0.15, 0.2) is 46.0 Å². The van der Waals surface area contributed by atoms with Crippen molar-refractivity contribution in [2.45, 2.75) is 103 Å². The maximum Gasteiger partial charge on any atom is 0.258 e. The number of pyridine rings is 2. The number of aliphatic hydroxyl groups is 2. The van der Waals surface area contributed by atoms with Crippen molar-refractivity contribution < 1.29 is 19.8 Å². The fourth-order valence-electron chi connectivity index (χ4n) is 10.2. The molecule has 6 heterocycles. The third-order valence-electron chi connectivity index (χ3n) is 13.2. The fourth-order valence-corrected chi connectivity index (χ4v) is 10.2. The molecule has 4 N–H and O–H groups in total. The summed E-state index contributed by atoms with van der Waals surface area (Å²) >= 11 is 0. The minimum Gasteiger partial charge on any atom is -0.396 e. The molecule has 0 aromatic carbocycles. The number of aromatic nitrogens is 2. The van der Waals surface area contributed by atoms with Gasteiger partial charge in [0.05, 0.1) is 24.2 Å². The largest absolute Gasteiger partial charge is 0.396 e. The van der Waals surface area contributed by atoms with E-state index in [9.17, 15) is 29.4 Å². The van der Waals surface area contributed by atoms with Crippen LogP contribution < -0.4 is 21.8 Å². The van der Waals surface area contributed by atoms with Crippen LogP contribution in [0.4, 0.5) is 0 Å². The Balaban J connectivity index is 0.000000172. The van der Waals surface area contributed by atoms with Crippen LogP contribution >= 0.6 is 0 Å². The summed E-state index contributed by atoms with van der Waals surface area (Å²) in [5, 5.41) is 26.6. The number of carbonyl (C=O) groups excluding carboxylic acids is 2. The number of rotatable bonds is 14. The monoisotopic (exact) mass is 770 g/mol. The Kier molecular flexibility index (Phi) is 12.5. The van der Waals surface area contributed by atoms with E-state index in [-0.39, 0.29) is 84.0 Å². The van der Waals surface area contributed by atoms with E-state index in [1.807, 2.05) is 71.6 Å². The van der Waals surface area contributed by atoms with E-state index in [2.05, 4.69) is 34.3 Å². The van der Waals surface area contributed by atoms with Gasteiger partial charge in [0.2, 0.25) is 11.8 Å². The maximum absolute atomic E-state index is 13.0. The molecule has 12 nitrogen and oxygen atoms in total. The third-order valence-corrected chi connectivity index (χ3v) is 13.2. The van der Waals surface area contributed by atoms with Crippen LogP contribution in [0.25, 0.3) is 12.2 Å². The minimum atomic E-state index is -0.322. The molecule has 304 valence electrons. The van der Waals surface area contributed by atoms with Crippen molar-refractivity contribution in [3.8, 4) is 0 Å². The van der Waals surface area contributed by atoms with Gasteiger partial charge in [-0.3, -0.25) is 29.0 Å². The molecule has 2 aromatic rings. The second kappa shape index (κ2) is 17.3. The summed E-state index contributed by atoms with van der Waals surface area (Å²) < 4.78 is 3.71. The minimum absolute atomic E-state index is 0.0149. The van der Waals surface area contributed by atoms with Crippen LogP contribution in [0, 0.1) is 35.5 Å². The molecule has 2 aliphatic carbocycles. The van der Waals surface area contributed by atoms with Crippen molar-refractivity contribution in [3.63, 3.8) is 0 Å². The van der Waals surface area contributed by atoms with Crippen LogP contribution in [0.2, 0.25) is 0 Å². The van der Waals surface area contributed by atoms with E-state index in [1.54, 1.807) is 0 Å². The van der Waals surface area contributed by atoms with E-state index in [0.29, 0.717) is 36.1 Å². The van der Waals surface area contributed by atoms with Gasteiger partial charge in [-0.25, -0.2) is 0 Å². The molecule has 56 heavy (non-hydrogen) atoms. The predicted octanol–water partition coefficient (Wildman–Crippen LogP) is 3.56. The highest BCUT2D eigenvalue weighted by molar-refractivity contribution is 5.83. The zero-order chi connectivity index (χ0) is 39.7. The van der Waals surface area contributed by atoms with Crippen molar-refractivity contribution in [2.75, 3.05) is 39.4 Å². The van der Waals surface area contributed by atoms with Crippen molar-refractivity contribution in [3.05, 3.63) is 79.6 Å². The summed E-state index contributed by atoms with van der Waals surface area (Å²) in [6, 6.07) is 7.22. The Bertz CT molecular complexity index is 1790. The molecule has 8 atom stereocenters. The lowest BCUT2D eigenvalue weighted by atomic mass is 9.88. The van der Waals surface area contributed by atoms with Crippen molar-refractivity contribution in [1.82, 2.24) is 29.6 Å². The normalized spacial score (nSPS) is 29.2. The number of hydrogen-bond donors (Lipinski definition) is 4. The zero-order valence-corrected chi connectivity index (χ0v) is 33.6. The lowest BCUT2D eigenvalue weighted by molar-refractivity contribution is -0.128. The summed E-state index contributed by atoms with van der Waals surface area (Å²) in [5.41, 5.74) is 3.38. The highest BCUT2D eigenvalue weighted by Gasteiger charge is 2.56. The number of fused-ring (bicyclic) bond motifs is 6. The Morgan fingerprint density at radius 2 is 1.07 bits per heavy atom. The molecule has 2 saturated carbocycles. The number of amides is 2. The molecule has 0 radical (unpaired) electrons. The van der Waals surface area contributed by atoms with Crippen LogP contribution in [-0.4, -0.2) is 92.4 Å². The molecule has 2 aromatic heterocycles. The first-order valence-electron chi connectivity index (χ1n) is 21.2. The van der Waals surface area contributed by atoms with Gasteiger partial charge in [0.15, 0.2) is 0 Å². The van der Waals surface area contributed by atoms with E-state index in [0.717, 1.165) is 50.4 Å². The van der Waals surface area contributed by atoms with Crippen LogP contribution in [-0.2, 0) is 22.7 Å². The van der Waals surface area contributed by atoms with Gasteiger partial charge in [0, 0.05) is 85.6 Å². The van der Waals surface area contributed by atoms with Gasteiger partial charge in [0.1, 0.15) is 0 Å². The Morgan fingerprint density at radius 1 is 0.679 bits per heavy atom. The molecular weight excluding hydrogens is 709 g/mol. The molecule has 2 amide bonds.